The van der Waals surface area contributed by atoms with Gasteiger partial charge in [0.2, 0.25) is 0 Å². The van der Waals surface area contributed by atoms with Crippen LogP contribution in [0.1, 0.15) is 34.6 Å². The van der Waals surface area contributed by atoms with Crippen molar-refractivity contribution in [1.82, 2.24) is 9.88 Å². The Morgan fingerprint density at radius 1 is 1.30 bits per heavy atom. The van der Waals surface area contributed by atoms with E-state index in [2.05, 4.69) is 4.98 Å². The molecule has 2 atom stereocenters. The third kappa shape index (κ3) is 3.38. The molecule has 1 aromatic carbocycles. The zero-order valence-corrected chi connectivity index (χ0v) is 14.0. The minimum Gasteiger partial charge on any atom is -0.369 e. The van der Waals surface area contributed by atoms with Gasteiger partial charge >= 0.3 is 0 Å². The quantitative estimate of drug-likeness (QED) is 0.844. The van der Waals surface area contributed by atoms with Gasteiger partial charge in [0.15, 0.2) is 0 Å². The fraction of sp³-hybridized carbons (Fsp3) is 0.333. The van der Waals surface area contributed by atoms with Gasteiger partial charge in [-0.2, -0.15) is 0 Å². The van der Waals surface area contributed by atoms with E-state index in [1.807, 2.05) is 55.1 Å². The largest absolute Gasteiger partial charge is 0.369 e. The fourth-order valence-electron chi connectivity index (χ4n) is 2.72. The van der Waals surface area contributed by atoms with Gasteiger partial charge in [0.1, 0.15) is 6.10 Å². The van der Waals surface area contributed by atoms with Crippen LogP contribution in [-0.4, -0.2) is 35.0 Å². The van der Waals surface area contributed by atoms with E-state index in [9.17, 15) is 4.79 Å². The van der Waals surface area contributed by atoms with Gasteiger partial charge < -0.3 is 9.64 Å². The average molecular weight is 331 g/mol. The molecule has 1 saturated heterocycles. The van der Waals surface area contributed by atoms with Crippen LogP contribution in [0.3, 0.4) is 0 Å². The van der Waals surface area contributed by atoms with Crippen LogP contribution in [0, 0.1) is 6.92 Å². The number of halogens is 1. The Hall–Kier alpha value is -1.91. The van der Waals surface area contributed by atoms with Crippen molar-refractivity contribution in [1.29, 1.82) is 0 Å². The molecule has 0 aliphatic carbocycles. The zero-order valence-electron chi connectivity index (χ0n) is 13.2. The van der Waals surface area contributed by atoms with Gasteiger partial charge in [-0.05, 0) is 32.0 Å². The molecule has 0 radical (unpaired) electrons. The van der Waals surface area contributed by atoms with E-state index >= 15 is 0 Å². The lowest BCUT2D eigenvalue weighted by Gasteiger charge is -2.38. The molecule has 4 nitrogen and oxygen atoms in total. The molecule has 5 heteroatoms. The summed E-state index contributed by atoms with van der Waals surface area (Å²) in [6, 6.07) is 11.3. The number of hydrogen-bond donors (Lipinski definition) is 0. The first kappa shape index (κ1) is 16.0. The maximum Gasteiger partial charge on any atom is 0.255 e. The van der Waals surface area contributed by atoms with Crippen LogP contribution in [0.4, 0.5) is 0 Å². The number of ether oxygens (including phenoxy) is 1. The lowest BCUT2D eigenvalue weighted by Crippen LogP contribution is -2.48. The van der Waals surface area contributed by atoms with Gasteiger partial charge in [0.05, 0.1) is 24.8 Å². The van der Waals surface area contributed by atoms with Gasteiger partial charge in [-0.25, -0.2) is 0 Å². The van der Waals surface area contributed by atoms with E-state index in [4.69, 9.17) is 16.3 Å². The third-order valence-corrected chi connectivity index (χ3v) is 4.45. The minimum atomic E-state index is -0.206. The molecule has 0 bridgehead atoms. The number of hydrogen-bond acceptors (Lipinski definition) is 3. The number of amides is 1. The summed E-state index contributed by atoms with van der Waals surface area (Å²) in [4.78, 5) is 18.8. The van der Waals surface area contributed by atoms with Crippen LogP contribution in [0.2, 0.25) is 5.02 Å². The third-order valence-electron chi connectivity index (χ3n) is 4.10. The van der Waals surface area contributed by atoms with Crippen molar-refractivity contribution in [3.05, 3.63) is 64.4 Å². The second-order valence-electron chi connectivity index (χ2n) is 5.84. The molecular weight excluding hydrogens is 312 g/mol. The van der Waals surface area contributed by atoms with Crippen molar-refractivity contribution < 1.29 is 9.53 Å². The molecule has 2 aromatic rings. The monoisotopic (exact) mass is 330 g/mol. The average Bonchev–Trinajstić information content (AvgIpc) is 2.56. The standard InChI is InChI=1S/C18H19ClN2O2/c1-12-7-8-14(9-20-12)18(22)21-10-17(23-11-13(21)2)15-5-3-4-6-16(15)19/h3-9,13,17H,10-11H2,1-2H3/t13-,17-/m0/s1. The van der Waals surface area contributed by atoms with Gasteiger partial charge in [0.25, 0.3) is 5.91 Å². The lowest BCUT2D eigenvalue weighted by molar-refractivity contribution is -0.0486. The van der Waals surface area contributed by atoms with E-state index in [1.165, 1.54) is 0 Å². The lowest BCUT2D eigenvalue weighted by atomic mass is 10.0. The first-order chi connectivity index (χ1) is 11.1. The molecule has 0 saturated carbocycles. The fourth-order valence-corrected chi connectivity index (χ4v) is 2.98. The minimum absolute atomic E-state index is 0.0162. The summed E-state index contributed by atoms with van der Waals surface area (Å²) in [5, 5.41) is 0.663. The van der Waals surface area contributed by atoms with Crippen molar-refractivity contribution in [2.75, 3.05) is 13.2 Å². The summed E-state index contributed by atoms with van der Waals surface area (Å²) in [6.07, 6.45) is 1.42. The Morgan fingerprint density at radius 3 is 2.78 bits per heavy atom. The molecule has 3 rings (SSSR count). The Bertz CT molecular complexity index is 702. The molecule has 1 fully saturated rings. The molecule has 1 aliphatic rings. The molecule has 2 heterocycles. The highest BCUT2D eigenvalue weighted by Crippen LogP contribution is 2.30. The smallest absolute Gasteiger partial charge is 0.255 e. The summed E-state index contributed by atoms with van der Waals surface area (Å²) in [6.45, 7) is 4.86. The maximum absolute atomic E-state index is 12.8. The second-order valence-corrected chi connectivity index (χ2v) is 6.25. The van der Waals surface area contributed by atoms with Crippen molar-refractivity contribution in [3.8, 4) is 0 Å². The van der Waals surface area contributed by atoms with E-state index in [1.54, 1.807) is 6.20 Å². The Labute approximate surface area is 141 Å². The topological polar surface area (TPSA) is 42.4 Å². The summed E-state index contributed by atoms with van der Waals surface area (Å²) in [5.74, 6) is -0.0228. The van der Waals surface area contributed by atoms with Crippen LogP contribution < -0.4 is 0 Å². The highest BCUT2D eigenvalue weighted by Gasteiger charge is 2.31. The number of aryl methyl sites for hydroxylation is 1. The number of carbonyl (C=O) groups is 1. The van der Waals surface area contributed by atoms with Crippen molar-refractivity contribution in [2.45, 2.75) is 26.0 Å². The van der Waals surface area contributed by atoms with E-state index in [-0.39, 0.29) is 18.1 Å². The highest BCUT2D eigenvalue weighted by molar-refractivity contribution is 6.31. The predicted octanol–water partition coefficient (Wildman–Crippen LogP) is 3.65. The van der Waals surface area contributed by atoms with Gasteiger partial charge in [0, 0.05) is 22.5 Å². The number of morpholine rings is 1. The van der Waals surface area contributed by atoms with E-state index in [0.717, 1.165) is 11.3 Å². The van der Waals surface area contributed by atoms with Crippen LogP contribution >= 0.6 is 11.6 Å². The molecule has 0 N–H and O–H groups in total. The number of rotatable bonds is 2. The Kier molecular flexibility index (Phi) is 4.64. The second kappa shape index (κ2) is 6.69. The van der Waals surface area contributed by atoms with E-state index in [0.29, 0.717) is 23.7 Å². The molecule has 0 spiro atoms. The molecule has 0 unspecified atom stereocenters. The summed E-state index contributed by atoms with van der Waals surface area (Å²) in [5.41, 5.74) is 2.41. The Morgan fingerprint density at radius 2 is 2.09 bits per heavy atom. The maximum atomic E-state index is 12.8. The number of carbonyl (C=O) groups excluding carboxylic acids is 1. The van der Waals surface area contributed by atoms with E-state index < -0.39 is 0 Å². The first-order valence-corrected chi connectivity index (χ1v) is 8.03. The Balaban J connectivity index is 1.82. The predicted molar refractivity (Wildman–Crippen MR) is 89.6 cm³/mol. The number of benzene rings is 1. The number of nitrogens with zero attached hydrogens (tertiary/aromatic N) is 2. The summed E-state index contributed by atoms with van der Waals surface area (Å²) >= 11 is 6.26. The van der Waals surface area contributed by atoms with Crippen molar-refractivity contribution in [3.63, 3.8) is 0 Å². The highest BCUT2D eigenvalue weighted by atomic mass is 35.5. The van der Waals surface area contributed by atoms with Crippen LogP contribution in [0.5, 0.6) is 0 Å². The molecule has 1 amide bonds. The molecule has 23 heavy (non-hydrogen) atoms. The molecule has 1 aromatic heterocycles. The molecular formula is C18H19ClN2O2. The van der Waals surface area contributed by atoms with Crippen LogP contribution in [0.15, 0.2) is 42.6 Å². The molecule has 1 aliphatic heterocycles. The van der Waals surface area contributed by atoms with Crippen LogP contribution in [-0.2, 0) is 4.74 Å². The normalized spacial score (nSPS) is 21.3. The zero-order chi connectivity index (χ0) is 16.4. The number of aromatic nitrogens is 1. The summed E-state index contributed by atoms with van der Waals surface area (Å²) < 4.78 is 5.90. The SMILES string of the molecule is Cc1ccc(C(=O)N2C[C@@H](c3ccccc3Cl)OC[C@@H]2C)cn1. The van der Waals surface area contributed by atoms with Crippen molar-refractivity contribution >= 4 is 17.5 Å². The molecule has 120 valence electrons. The first-order valence-electron chi connectivity index (χ1n) is 7.66. The summed E-state index contributed by atoms with van der Waals surface area (Å²) in [7, 11) is 0. The van der Waals surface area contributed by atoms with Gasteiger partial charge in [-0.1, -0.05) is 29.8 Å². The van der Waals surface area contributed by atoms with Crippen molar-refractivity contribution in [2.24, 2.45) is 0 Å². The van der Waals surface area contributed by atoms with Gasteiger partial charge in [-0.3, -0.25) is 9.78 Å². The van der Waals surface area contributed by atoms with Gasteiger partial charge in [-0.15, -0.1) is 0 Å². The number of pyridine rings is 1. The van der Waals surface area contributed by atoms with Crippen LogP contribution in [0.25, 0.3) is 0 Å².